The number of fused-ring (bicyclic) bond motifs is 1. The zero-order chi connectivity index (χ0) is 20.8. The smallest absolute Gasteiger partial charge is 0.303 e. The summed E-state index contributed by atoms with van der Waals surface area (Å²) in [5.74, 6) is -0.905. The van der Waals surface area contributed by atoms with Crippen molar-refractivity contribution in [2.75, 3.05) is 6.54 Å². The molecule has 7 nitrogen and oxygen atoms in total. The molecule has 3 aromatic rings. The van der Waals surface area contributed by atoms with Crippen molar-refractivity contribution in [3.8, 4) is 11.3 Å². The van der Waals surface area contributed by atoms with E-state index in [4.69, 9.17) is 10.1 Å². The maximum atomic E-state index is 12.9. The number of carbonyl (C=O) groups is 2. The summed E-state index contributed by atoms with van der Waals surface area (Å²) < 4.78 is 1.70. The van der Waals surface area contributed by atoms with E-state index in [0.717, 1.165) is 41.6 Å². The Kier molecular flexibility index (Phi) is 6.59. The van der Waals surface area contributed by atoms with Crippen LogP contribution in [0.4, 0.5) is 0 Å². The van der Waals surface area contributed by atoms with Gasteiger partial charge in [0, 0.05) is 25.6 Å². The number of nitrogens with one attached hydrogen (secondary N) is 1. The summed E-state index contributed by atoms with van der Waals surface area (Å²) in [5, 5.41) is 16.9. The van der Waals surface area contributed by atoms with Gasteiger partial charge in [0.05, 0.1) is 22.3 Å². The second-order valence-electron chi connectivity index (χ2n) is 7.14. The molecule has 3 rings (SSSR count). The Morgan fingerprint density at radius 2 is 1.83 bits per heavy atom. The molecule has 0 fully saturated rings. The average Bonchev–Trinajstić information content (AvgIpc) is 3.00. The van der Waals surface area contributed by atoms with Crippen LogP contribution in [0.1, 0.15) is 48.2 Å². The van der Waals surface area contributed by atoms with Gasteiger partial charge in [-0.1, -0.05) is 43.2 Å². The highest BCUT2D eigenvalue weighted by Gasteiger charge is 2.19. The Morgan fingerprint density at radius 3 is 2.55 bits per heavy atom. The second-order valence-corrected chi connectivity index (χ2v) is 7.14. The van der Waals surface area contributed by atoms with Gasteiger partial charge < -0.3 is 10.4 Å². The van der Waals surface area contributed by atoms with Crippen LogP contribution in [-0.2, 0) is 11.8 Å². The second kappa shape index (κ2) is 9.32. The van der Waals surface area contributed by atoms with Gasteiger partial charge in [-0.15, -0.1) is 0 Å². The molecule has 2 N–H and O–H groups in total. The number of nitrogens with zero attached hydrogens (tertiary/aromatic N) is 3. The number of aryl methyl sites for hydroxylation is 2. The summed E-state index contributed by atoms with van der Waals surface area (Å²) in [6.07, 6.45) is 3.42. The van der Waals surface area contributed by atoms with Crippen LogP contribution in [0.15, 0.2) is 36.4 Å². The lowest BCUT2D eigenvalue weighted by atomic mass is 10.0. The average molecular weight is 394 g/mol. The Labute approximate surface area is 169 Å². The number of benzene rings is 1. The first-order chi connectivity index (χ1) is 14.0. The quantitative estimate of drug-likeness (QED) is 0.539. The van der Waals surface area contributed by atoms with Gasteiger partial charge in [0.2, 0.25) is 0 Å². The van der Waals surface area contributed by atoms with Crippen molar-refractivity contribution in [3.05, 3.63) is 47.7 Å². The molecule has 1 aromatic carbocycles. The summed E-state index contributed by atoms with van der Waals surface area (Å²) in [4.78, 5) is 28.2. The van der Waals surface area contributed by atoms with E-state index in [0.29, 0.717) is 24.2 Å². The molecule has 1 amide bonds. The number of hydrogen-bond donors (Lipinski definition) is 2. The van der Waals surface area contributed by atoms with Gasteiger partial charge in [0.15, 0.2) is 5.65 Å². The molecule has 0 radical (unpaired) electrons. The first-order valence-corrected chi connectivity index (χ1v) is 9.87. The molecule has 0 saturated carbocycles. The number of carboxylic acid groups (broad SMARTS) is 1. The highest BCUT2D eigenvalue weighted by atomic mass is 16.4. The van der Waals surface area contributed by atoms with Crippen molar-refractivity contribution in [3.63, 3.8) is 0 Å². The molecule has 0 atom stereocenters. The monoisotopic (exact) mass is 394 g/mol. The molecule has 0 aliphatic rings. The summed E-state index contributed by atoms with van der Waals surface area (Å²) in [5.41, 5.74) is 3.71. The van der Waals surface area contributed by atoms with Crippen LogP contribution in [0.5, 0.6) is 0 Å². The SMILES string of the molecule is Cc1nn(C)c2nc(-c3ccccc3)cc(C(=O)NCCCCCCC(=O)O)c12. The Morgan fingerprint density at radius 1 is 1.10 bits per heavy atom. The van der Waals surface area contributed by atoms with Crippen LogP contribution >= 0.6 is 0 Å². The summed E-state index contributed by atoms with van der Waals surface area (Å²) in [6.45, 7) is 2.43. The Hall–Kier alpha value is -3.22. The van der Waals surface area contributed by atoms with Crippen molar-refractivity contribution in [1.82, 2.24) is 20.1 Å². The minimum Gasteiger partial charge on any atom is -0.481 e. The summed E-state index contributed by atoms with van der Waals surface area (Å²) >= 11 is 0. The first kappa shape index (κ1) is 20.5. The molecule has 0 aliphatic heterocycles. The van der Waals surface area contributed by atoms with E-state index in [1.807, 2.05) is 50.4 Å². The predicted octanol–water partition coefficient (Wildman–Crippen LogP) is 3.71. The zero-order valence-corrected chi connectivity index (χ0v) is 16.8. The van der Waals surface area contributed by atoms with Gasteiger partial charge >= 0.3 is 5.97 Å². The van der Waals surface area contributed by atoms with Crippen LogP contribution in [0.3, 0.4) is 0 Å². The van der Waals surface area contributed by atoms with Gasteiger partial charge in [-0.3, -0.25) is 14.3 Å². The maximum Gasteiger partial charge on any atom is 0.303 e. The molecule has 152 valence electrons. The third kappa shape index (κ3) is 4.99. The number of amides is 1. The van der Waals surface area contributed by atoms with Crippen molar-refractivity contribution in [1.29, 1.82) is 0 Å². The number of aliphatic carboxylic acids is 1. The lowest BCUT2D eigenvalue weighted by Gasteiger charge is -2.09. The predicted molar refractivity (Wildman–Crippen MR) is 112 cm³/mol. The molecule has 0 aliphatic carbocycles. The third-order valence-electron chi connectivity index (χ3n) is 4.89. The van der Waals surface area contributed by atoms with E-state index in [-0.39, 0.29) is 12.3 Å². The van der Waals surface area contributed by atoms with Crippen molar-refractivity contribution in [2.45, 2.75) is 39.0 Å². The Balaban J connectivity index is 1.75. The number of aromatic nitrogens is 3. The summed E-state index contributed by atoms with van der Waals surface area (Å²) in [6, 6.07) is 11.6. The number of unbranched alkanes of at least 4 members (excludes halogenated alkanes) is 3. The highest BCUT2D eigenvalue weighted by Crippen LogP contribution is 2.26. The molecule has 29 heavy (non-hydrogen) atoms. The van der Waals surface area contributed by atoms with E-state index in [9.17, 15) is 9.59 Å². The van der Waals surface area contributed by atoms with Crippen LogP contribution in [0.2, 0.25) is 0 Å². The van der Waals surface area contributed by atoms with E-state index in [1.165, 1.54) is 0 Å². The van der Waals surface area contributed by atoms with E-state index in [2.05, 4.69) is 10.4 Å². The van der Waals surface area contributed by atoms with Gasteiger partial charge in [-0.25, -0.2) is 4.98 Å². The standard InChI is InChI=1S/C22H26N4O3/c1-15-20-17(22(29)23-13-9-4-3-8-12-19(27)28)14-18(16-10-6-5-7-11-16)24-21(20)26(2)25-15/h5-7,10-11,14H,3-4,8-9,12-13H2,1-2H3,(H,23,29)(H,27,28). The zero-order valence-electron chi connectivity index (χ0n) is 16.8. The molecule has 0 saturated heterocycles. The van der Waals surface area contributed by atoms with Crippen LogP contribution < -0.4 is 5.32 Å². The number of carboxylic acids is 1. The maximum absolute atomic E-state index is 12.9. The minimum atomic E-state index is -0.763. The number of carbonyl (C=O) groups excluding carboxylic acids is 1. The molecule has 0 unspecified atom stereocenters. The number of hydrogen-bond acceptors (Lipinski definition) is 4. The third-order valence-corrected chi connectivity index (χ3v) is 4.89. The number of rotatable bonds is 9. The minimum absolute atomic E-state index is 0.142. The summed E-state index contributed by atoms with van der Waals surface area (Å²) in [7, 11) is 1.83. The number of pyridine rings is 1. The fourth-order valence-electron chi connectivity index (χ4n) is 3.43. The van der Waals surface area contributed by atoms with Crippen molar-refractivity contribution < 1.29 is 14.7 Å². The van der Waals surface area contributed by atoms with E-state index >= 15 is 0 Å². The highest BCUT2D eigenvalue weighted by molar-refractivity contribution is 6.07. The molecular formula is C22H26N4O3. The molecule has 2 aromatic heterocycles. The Bertz CT molecular complexity index is 1010. The molecule has 0 spiro atoms. The normalized spacial score (nSPS) is 11.0. The fourth-order valence-corrected chi connectivity index (χ4v) is 3.43. The van der Waals surface area contributed by atoms with Gasteiger partial charge in [0.25, 0.3) is 5.91 Å². The van der Waals surface area contributed by atoms with Gasteiger partial charge in [0.1, 0.15) is 0 Å². The van der Waals surface area contributed by atoms with E-state index < -0.39 is 5.97 Å². The van der Waals surface area contributed by atoms with Crippen LogP contribution in [-0.4, -0.2) is 38.3 Å². The first-order valence-electron chi connectivity index (χ1n) is 9.87. The lowest BCUT2D eigenvalue weighted by Crippen LogP contribution is -2.25. The van der Waals surface area contributed by atoms with Gasteiger partial charge in [-0.05, 0) is 25.8 Å². The topological polar surface area (TPSA) is 97.1 Å². The molecule has 7 heteroatoms. The van der Waals surface area contributed by atoms with Crippen LogP contribution in [0, 0.1) is 6.92 Å². The largest absolute Gasteiger partial charge is 0.481 e. The molecular weight excluding hydrogens is 368 g/mol. The molecule has 2 heterocycles. The van der Waals surface area contributed by atoms with Crippen molar-refractivity contribution >= 4 is 22.9 Å². The molecule has 0 bridgehead atoms. The lowest BCUT2D eigenvalue weighted by molar-refractivity contribution is -0.137. The van der Waals surface area contributed by atoms with E-state index in [1.54, 1.807) is 4.68 Å². The van der Waals surface area contributed by atoms with Crippen LogP contribution in [0.25, 0.3) is 22.3 Å². The van der Waals surface area contributed by atoms with Crippen molar-refractivity contribution in [2.24, 2.45) is 7.05 Å². The van der Waals surface area contributed by atoms with Gasteiger partial charge in [-0.2, -0.15) is 5.10 Å². The fraction of sp³-hybridized carbons (Fsp3) is 0.364.